The predicted octanol–water partition coefficient (Wildman–Crippen LogP) is -0.726. The van der Waals surface area contributed by atoms with Gasteiger partial charge in [-0.3, -0.25) is 4.79 Å². The van der Waals surface area contributed by atoms with Gasteiger partial charge in [0.05, 0.1) is 13.2 Å². The molecule has 0 saturated carbocycles. The van der Waals surface area contributed by atoms with Crippen molar-refractivity contribution < 1.29 is 19.4 Å². The summed E-state index contributed by atoms with van der Waals surface area (Å²) in [5.41, 5.74) is 5.23. The van der Waals surface area contributed by atoms with Crippen molar-refractivity contribution in [2.45, 2.75) is 26.0 Å². The van der Waals surface area contributed by atoms with Crippen LogP contribution in [0.5, 0.6) is 0 Å². The van der Waals surface area contributed by atoms with E-state index in [0.717, 1.165) is 0 Å². The largest absolute Gasteiger partial charge is 0.459 e. The van der Waals surface area contributed by atoms with Crippen LogP contribution in [0.1, 0.15) is 13.8 Å². The van der Waals surface area contributed by atoms with Crippen molar-refractivity contribution >= 4 is 5.97 Å². The zero-order chi connectivity index (χ0) is 10.3. The molecule has 3 N–H and O–H groups in total. The lowest BCUT2D eigenvalue weighted by molar-refractivity contribution is -0.153. The molecule has 0 aliphatic rings. The van der Waals surface area contributed by atoms with Gasteiger partial charge in [0.25, 0.3) is 0 Å². The van der Waals surface area contributed by atoms with Crippen molar-refractivity contribution in [1.29, 1.82) is 0 Å². The molecule has 0 radical (unpaired) electrons. The van der Waals surface area contributed by atoms with Crippen molar-refractivity contribution in [2.24, 2.45) is 5.73 Å². The first-order valence-electron chi connectivity index (χ1n) is 4.26. The highest BCUT2D eigenvalue weighted by Gasteiger charge is 2.16. The summed E-state index contributed by atoms with van der Waals surface area (Å²) in [5, 5.41) is 8.54. The van der Waals surface area contributed by atoms with E-state index in [0.29, 0.717) is 13.2 Å². The number of nitrogens with two attached hydrogens (primary N) is 1. The van der Waals surface area contributed by atoms with Crippen LogP contribution in [-0.4, -0.2) is 43.0 Å². The van der Waals surface area contributed by atoms with Crippen molar-refractivity contribution in [2.75, 3.05) is 19.8 Å². The molecule has 1 unspecified atom stereocenters. The van der Waals surface area contributed by atoms with E-state index in [2.05, 4.69) is 0 Å². The van der Waals surface area contributed by atoms with Crippen LogP contribution in [0.3, 0.4) is 0 Å². The van der Waals surface area contributed by atoms with Gasteiger partial charge in [-0.25, -0.2) is 0 Å². The fraction of sp³-hybridized carbons (Fsp3) is 0.875. The molecule has 0 aliphatic heterocycles. The topological polar surface area (TPSA) is 81.8 Å². The van der Waals surface area contributed by atoms with Crippen LogP contribution in [0.4, 0.5) is 0 Å². The van der Waals surface area contributed by atoms with Gasteiger partial charge in [0.2, 0.25) is 0 Å². The molecule has 0 aliphatic carbocycles. The molecule has 0 amide bonds. The molecule has 0 heterocycles. The van der Waals surface area contributed by atoms with E-state index in [1.807, 2.05) is 6.92 Å². The second-order valence-electron chi connectivity index (χ2n) is 2.70. The van der Waals surface area contributed by atoms with Crippen LogP contribution in [0, 0.1) is 0 Å². The third-order valence-electron chi connectivity index (χ3n) is 1.37. The quantitative estimate of drug-likeness (QED) is 0.541. The molecule has 2 atom stereocenters. The summed E-state index contributed by atoms with van der Waals surface area (Å²) < 4.78 is 9.89. The number of rotatable bonds is 6. The summed E-state index contributed by atoms with van der Waals surface area (Å²) in [6.45, 7) is 4.08. The lowest BCUT2D eigenvalue weighted by Gasteiger charge is -2.15. The Morgan fingerprint density at radius 3 is 2.69 bits per heavy atom. The second-order valence-corrected chi connectivity index (χ2v) is 2.70. The Morgan fingerprint density at radius 2 is 2.23 bits per heavy atom. The van der Waals surface area contributed by atoms with Crippen LogP contribution in [-0.2, 0) is 14.3 Å². The van der Waals surface area contributed by atoms with E-state index < -0.39 is 18.6 Å². The molecule has 5 nitrogen and oxygen atoms in total. The van der Waals surface area contributed by atoms with Crippen LogP contribution in [0.15, 0.2) is 0 Å². The zero-order valence-corrected chi connectivity index (χ0v) is 8.03. The van der Waals surface area contributed by atoms with E-state index in [1.54, 1.807) is 6.92 Å². The molecular weight excluding hydrogens is 174 g/mol. The van der Waals surface area contributed by atoms with E-state index in [1.165, 1.54) is 0 Å². The zero-order valence-electron chi connectivity index (χ0n) is 8.03. The molecular formula is C8H17NO4. The molecule has 0 saturated heterocycles. The summed E-state index contributed by atoms with van der Waals surface area (Å²) >= 11 is 0. The maximum atomic E-state index is 11.0. The van der Waals surface area contributed by atoms with E-state index in [4.69, 9.17) is 20.3 Å². The number of aliphatic hydroxyl groups excluding tert-OH is 1. The molecule has 0 rings (SSSR count). The molecule has 0 aromatic rings. The molecule has 0 aromatic carbocycles. The third kappa shape index (κ3) is 5.57. The molecule has 13 heavy (non-hydrogen) atoms. The number of carbonyl (C=O) groups excluding carboxylic acids is 1. The van der Waals surface area contributed by atoms with Crippen molar-refractivity contribution in [3.63, 3.8) is 0 Å². The maximum Gasteiger partial charge on any atom is 0.325 e. The van der Waals surface area contributed by atoms with Gasteiger partial charge in [-0.05, 0) is 13.8 Å². The summed E-state index contributed by atoms with van der Waals surface area (Å²) in [4.78, 5) is 11.0. The summed E-state index contributed by atoms with van der Waals surface area (Å²) in [6.07, 6.45) is -0.329. The van der Waals surface area contributed by atoms with Gasteiger partial charge in [0, 0.05) is 6.61 Å². The first-order valence-corrected chi connectivity index (χ1v) is 4.26. The molecule has 0 aromatic heterocycles. The van der Waals surface area contributed by atoms with Crippen LogP contribution in [0.25, 0.3) is 0 Å². The Morgan fingerprint density at radius 1 is 1.62 bits per heavy atom. The normalized spacial score (nSPS) is 15.1. The van der Waals surface area contributed by atoms with E-state index in [-0.39, 0.29) is 6.10 Å². The van der Waals surface area contributed by atoms with Crippen molar-refractivity contribution in [3.8, 4) is 0 Å². The summed E-state index contributed by atoms with van der Waals surface area (Å²) in [6, 6.07) is -0.955. The minimum atomic E-state index is -0.955. The summed E-state index contributed by atoms with van der Waals surface area (Å²) in [5.74, 6) is -0.602. The minimum Gasteiger partial charge on any atom is -0.459 e. The standard InChI is InChI=1S/C8H17NO4/c1-3-12-5-6(2)13-8(11)7(9)4-10/h6-7,10H,3-5,9H2,1-2H3/t6?,7-/m0/s1. The Labute approximate surface area is 77.8 Å². The molecule has 0 bridgehead atoms. The van der Waals surface area contributed by atoms with Gasteiger partial charge in [0.15, 0.2) is 0 Å². The molecule has 0 spiro atoms. The minimum absolute atomic E-state index is 0.329. The van der Waals surface area contributed by atoms with E-state index in [9.17, 15) is 4.79 Å². The highest BCUT2D eigenvalue weighted by atomic mass is 16.6. The third-order valence-corrected chi connectivity index (χ3v) is 1.37. The monoisotopic (exact) mass is 191 g/mol. The second kappa shape index (κ2) is 6.82. The number of aliphatic hydroxyl groups is 1. The average molecular weight is 191 g/mol. The smallest absolute Gasteiger partial charge is 0.325 e. The Hall–Kier alpha value is -0.650. The maximum absolute atomic E-state index is 11.0. The number of carbonyl (C=O) groups is 1. The fourth-order valence-electron chi connectivity index (χ4n) is 0.678. The SMILES string of the molecule is CCOCC(C)OC(=O)[C@@H](N)CO. The van der Waals surface area contributed by atoms with Gasteiger partial charge in [0.1, 0.15) is 12.1 Å². The lowest BCUT2D eigenvalue weighted by atomic mass is 10.3. The highest BCUT2D eigenvalue weighted by Crippen LogP contribution is 1.94. The Kier molecular flexibility index (Phi) is 6.48. The van der Waals surface area contributed by atoms with Crippen molar-refractivity contribution in [3.05, 3.63) is 0 Å². The molecule has 0 fully saturated rings. The fourth-order valence-corrected chi connectivity index (χ4v) is 0.678. The van der Waals surface area contributed by atoms with Gasteiger partial charge in [-0.15, -0.1) is 0 Å². The lowest BCUT2D eigenvalue weighted by Crippen LogP contribution is -2.38. The average Bonchev–Trinajstić information content (AvgIpc) is 2.13. The highest BCUT2D eigenvalue weighted by molar-refractivity contribution is 5.75. The molecule has 5 heteroatoms. The van der Waals surface area contributed by atoms with Gasteiger partial charge in [-0.2, -0.15) is 0 Å². The van der Waals surface area contributed by atoms with Gasteiger partial charge < -0.3 is 20.3 Å². The van der Waals surface area contributed by atoms with Crippen LogP contribution in [0.2, 0.25) is 0 Å². The number of hydrogen-bond acceptors (Lipinski definition) is 5. The van der Waals surface area contributed by atoms with Gasteiger partial charge in [-0.1, -0.05) is 0 Å². The molecule has 78 valence electrons. The number of hydrogen-bond donors (Lipinski definition) is 2. The van der Waals surface area contributed by atoms with E-state index >= 15 is 0 Å². The first-order chi connectivity index (χ1) is 6.11. The number of esters is 1. The predicted molar refractivity (Wildman–Crippen MR) is 47.1 cm³/mol. The Balaban J connectivity index is 3.64. The summed E-state index contributed by atoms with van der Waals surface area (Å²) in [7, 11) is 0. The Bertz CT molecular complexity index is 151. The van der Waals surface area contributed by atoms with Crippen LogP contribution >= 0.6 is 0 Å². The number of ether oxygens (including phenoxy) is 2. The first kappa shape index (κ1) is 12.3. The van der Waals surface area contributed by atoms with Crippen molar-refractivity contribution in [1.82, 2.24) is 0 Å². The van der Waals surface area contributed by atoms with Crippen LogP contribution < -0.4 is 5.73 Å². The van der Waals surface area contributed by atoms with Gasteiger partial charge >= 0.3 is 5.97 Å².